The molecule has 0 saturated heterocycles. The highest BCUT2D eigenvalue weighted by molar-refractivity contribution is 5.91. The summed E-state index contributed by atoms with van der Waals surface area (Å²) >= 11 is 0. The van der Waals surface area contributed by atoms with Crippen LogP contribution in [0.2, 0.25) is 0 Å². The van der Waals surface area contributed by atoms with Crippen molar-refractivity contribution in [2.45, 2.75) is 25.8 Å². The Labute approximate surface area is 137 Å². The molecule has 3 rings (SSSR count). The monoisotopic (exact) mass is 307 g/mol. The van der Waals surface area contributed by atoms with Gasteiger partial charge in [0.25, 0.3) is 0 Å². The Kier molecular flexibility index (Phi) is 4.77. The van der Waals surface area contributed by atoms with E-state index in [9.17, 15) is 4.79 Å². The molecule has 2 aromatic rings. The maximum atomic E-state index is 12.0. The molecule has 3 heteroatoms. The van der Waals surface area contributed by atoms with E-state index in [-0.39, 0.29) is 11.9 Å². The smallest absolute Gasteiger partial charge is 0.244 e. The largest absolute Gasteiger partial charge is 0.493 e. The number of ether oxygens (including phenoxy) is 1. The van der Waals surface area contributed by atoms with Gasteiger partial charge >= 0.3 is 0 Å². The van der Waals surface area contributed by atoms with Gasteiger partial charge in [-0.05, 0) is 42.2 Å². The van der Waals surface area contributed by atoms with Crippen LogP contribution < -0.4 is 10.1 Å². The van der Waals surface area contributed by atoms with Crippen LogP contribution in [-0.2, 0) is 17.6 Å². The van der Waals surface area contributed by atoms with E-state index in [1.165, 1.54) is 11.1 Å². The average Bonchev–Trinajstić information content (AvgIpc) is 3.01. The highest BCUT2D eigenvalue weighted by atomic mass is 16.5. The molecule has 0 aromatic heterocycles. The lowest BCUT2D eigenvalue weighted by Crippen LogP contribution is -2.32. The topological polar surface area (TPSA) is 38.3 Å². The van der Waals surface area contributed by atoms with Gasteiger partial charge in [0.05, 0.1) is 6.61 Å². The van der Waals surface area contributed by atoms with Crippen LogP contribution in [0.3, 0.4) is 0 Å². The zero-order valence-electron chi connectivity index (χ0n) is 13.3. The fourth-order valence-electron chi connectivity index (χ4n) is 2.80. The molecule has 2 aromatic carbocycles. The number of carbonyl (C=O) groups is 1. The van der Waals surface area contributed by atoms with E-state index in [1.54, 1.807) is 6.08 Å². The lowest BCUT2D eigenvalue weighted by molar-refractivity contribution is -0.117. The van der Waals surface area contributed by atoms with E-state index < -0.39 is 0 Å². The van der Waals surface area contributed by atoms with E-state index in [0.29, 0.717) is 0 Å². The maximum Gasteiger partial charge on any atom is 0.244 e. The van der Waals surface area contributed by atoms with Gasteiger partial charge in [0.15, 0.2) is 0 Å². The molecule has 1 N–H and O–H groups in total. The lowest BCUT2D eigenvalue weighted by Gasteiger charge is -2.13. The van der Waals surface area contributed by atoms with E-state index in [4.69, 9.17) is 4.74 Å². The van der Waals surface area contributed by atoms with Crippen LogP contribution in [0.4, 0.5) is 0 Å². The molecule has 1 aliphatic rings. The van der Waals surface area contributed by atoms with Gasteiger partial charge in [-0.3, -0.25) is 4.79 Å². The van der Waals surface area contributed by atoms with Gasteiger partial charge < -0.3 is 10.1 Å². The number of nitrogens with one attached hydrogen (secondary N) is 1. The normalized spacial score (nSPS) is 14.3. The van der Waals surface area contributed by atoms with Gasteiger partial charge in [-0.15, -0.1) is 0 Å². The van der Waals surface area contributed by atoms with Crippen LogP contribution in [0.25, 0.3) is 6.08 Å². The third-order valence-electron chi connectivity index (χ3n) is 3.91. The Hall–Kier alpha value is -2.55. The summed E-state index contributed by atoms with van der Waals surface area (Å²) in [6, 6.07) is 16.2. The summed E-state index contributed by atoms with van der Waals surface area (Å²) in [5.74, 6) is 0.932. The van der Waals surface area contributed by atoms with Gasteiger partial charge in [0.2, 0.25) is 5.91 Å². The Morgan fingerprint density at radius 3 is 2.91 bits per heavy atom. The molecule has 0 spiro atoms. The van der Waals surface area contributed by atoms with Crippen molar-refractivity contribution in [2.24, 2.45) is 0 Å². The average molecular weight is 307 g/mol. The molecule has 0 bridgehead atoms. The van der Waals surface area contributed by atoms with Gasteiger partial charge in [-0.25, -0.2) is 0 Å². The predicted molar refractivity (Wildman–Crippen MR) is 92.4 cm³/mol. The van der Waals surface area contributed by atoms with E-state index in [1.807, 2.05) is 49.4 Å². The quantitative estimate of drug-likeness (QED) is 0.860. The summed E-state index contributed by atoms with van der Waals surface area (Å²) in [4.78, 5) is 12.0. The van der Waals surface area contributed by atoms with Crippen LogP contribution in [0, 0.1) is 0 Å². The molecule has 0 radical (unpaired) electrons. The Morgan fingerprint density at radius 1 is 1.26 bits per heavy atom. The SMILES string of the molecule is CC(Cc1ccc2c(c1)CCO2)NC(=O)C=Cc1ccccc1. The van der Waals surface area contributed by atoms with Crippen molar-refractivity contribution < 1.29 is 9.53 Å². The Bertz CT molecular complexity index is 707. The van der Waals surface area contributed by atoms with E-state index in [0.717, 1.165) is 30.8 Å². The summed E-state index contributed by atoms with van der Waals surface area (Å²) in [6.45, 7) is 2.80. The second kappa shape index (κ2) is 7.14. The van der Waals surface area contributed by atoms with Crippen LogP contribution in [0.5, 0.6) is 5.75 Å². The Morgan fingerprint density at radius 2 is 2.09 bits per heavy atom. The van der Waals surface area contributed by atoms with Crippen molar-refractivity contribution in [3.8, 4) is 5.75 Å². The fourth-order valence-corrected chi connectivity index (χ4v) is 2.80. The molecule has 1 unspecified atom stereocenters. The molecule has 1 aliphatic heterocycles. The molecule has 0 saturated carbocycles. The summed E-state index contributed by atoms with van der Waals surface area (Å²) in [6.07, 6.45) is 5.21. The number of hydrogen-bond acceptors (Lipinski definition) is 2. The van der Waals surface area contributed by atoms with Gasteiger partial charge in [0.1, 0.15) is 5.75 Å². The number of amides is 1. The molecular formula is C20H21NO2. The van der Waals surface area contributed by atoms with Crippen molar-refractivity contribution in [1.82, 2.24) is 5.32 Å². The zero-order valence-corrected chi connectivity index (χ0v) is 13.3. The maximum absolute atomic E-state index is 12.0. The number of rotatable bonds is 5. The number of carbonyl (C=O) groups excluding carboxylic acids is 1. The van der Waals surface area contributed by atoms with Crippen molar-refractivity contribution in [3.05, 3.63) is 71.3 Å². The van der Waals surface area contributed by atoms with Gasteiger partial charge in [0, 0.05) is 18.5 Å². The van der Waals surface area contributed by atoms with Gasteiger partial charge in [-0.2, -0.15) is 0 Å². The van der Waals surface area contributed by atoms with Crippen LogP contribution in [-0.4, -0.2) is 18.6 Å². The van der Waals surface area contributed by atoms with Crippen molar-refractivity contribution in [2.75, 3.05) is 6.61 Å². The molecule has 0 fully saturated rings. The lowest BCUT2D eigenvalue weighted by atomic mass is 10.0. The molecule has 0 aliphatic carbocycles. The highest BCUT2D eigenvalue weighted by Gasteiger charge is 2.13. The fraction of sp³-hybridized carbons (Fsp3) is 0.250. The van der Waals surface area contributed by atoms with Crippen LogP contribution in [0.15, 0.2) is 54.6 Å². The highest BCUT2D eigenvalue weighted by Crippen LogP contribution is 2.26. The first-order valence-electron chi connectivity index (χ1n) is 7.99. The minimum absolute atomic E-state index is 0.0640. The molecule has 118 valence electrons. The summed E-state index contributed by atoms with van der Waals surface area (Å²) in [5.41, 5.74) is 3.52. The van der Waals surface area contributed by atoms with E-state index >= 15 is 0 Å². The second-order valence-corrected chi connectivity index (χ2v) is 5.90. The summed E-state index contributed by atoms with van der Waals surface area (Å²) in [7, 11) is 0. The molecule has 3 nitrogen and oxygen atoms in total. The third kappa shape index (κ3) is 4.22. The molecular weight excluding hydrogens is 286 g/mol. The predicted octanol–water partition coefficient (Wildman–Crippen LogP) is 3.38. The molecule has 1 atom stereocenters. The summed E-state index contributed by atoms with van der Waals surface area (Å²) < 4.78 is 5.52. The molecule has 1 heterocycles. The summed E-state index contributed by atoms with van der Waals surface area (Å²) in [5, 5.41) is 3.01. The van der Waals surface area contributed by atoms with Crippen LogP contribution >= 0.6 is 0 Å². The first-order chi connectivity index (χ1) is 11.2. The molecule has 23 heavy (non-hydrogen) atoms. The minimum Gasteiger partial charge on any atom is -0.493 e. The van der Waals surface area contributed by atoms with Gasteiger partial charge in [-0.1, -0.05) is 42.5 Å². The third-order valence-corrected chi connectivity index (χ3v) is 3.91. The first kappa shape index (κ1) is 15.3. The Balaban J connectivity index is 1.53. The van der Waals surface area contributed by atoms with Crippen LogP contribution in [0.1, 0.15) is 23.6 Å². The zero-order chi connectivity index (χ0) is 16.1. The van der Waals surface area contributed by atoms with Crippen molar-refractivity contribution in [1.29, 1.82) is 0 Å². The van der Waals surface area contributed by atoms with E-state index in [2.05, 4.69) is 17.4 Å². The van der Waals surface area contributed by atoms with Crippen molar-refractivity contribution in [3.63, 3.8) is 0 Å². The minimum atomic E-state index is -0.0640. The second-order valence-electron chi connectivity index (χ2n) is 5.90. The standard InChI is InChI=1S/C20H21NO2/c1-15(13-17-7-9-19-18(14-17)11-12-23-19)21-20(22)10-8-16-5-3-2-4-6-16/h2-10,14-15H,11-13H2,1H3,(H,21,22). The number of fused-ring (bicyclic) bond motifs is 1. The van der Waals surface area contributed by atoms with Crippen molar-refractivity contribution >= 4 is 12.0 Å². The number of hydrogen-bond donors (Lipinski definition) is 1. The molecule has 1 amide bonds. The number of benzene rings is 2. The first-order valence-corrected chi connectivity index (χ1v) is 7.99.